The molecule has 2 atom stereocenters. The van der Waals surface area contributed by atoms with E-state index >= 15 is 0 Å². The highest BCUT2D eigenvalue weighted by atomic mass is 127. The molecule has 1 rings (SSSR count). The standard InChI is InChI=1S/C19H39N3O2.HI/c1-15(2)9-12-23-13-10-21-18(20-6)22-14-16-8-7-11-24-17(16)19(3,4)5;/h15-17H,7-14H2,1-6H3,(H2,20,21,22);1H. The van der Waals surface area contributed by atoms with Crippen molar-refractivity contribution >= 4 is 29.9 Å². The first-order valence-electron chi connectivity index (χ1n) is 9.48. The number of guanidine groups is 1. The van der Waals surface area contributed by atoms with Crippen LogP contribution in [0.4, 0.5) is 0 Å². The Kier molecular flexibility index (Phi) is 13.1. The van der Waals surface area contributed by atoms with Gasteiger partial charge >= 0.3 is 0 Å². The topological polar surface area (TPSA) is 54.9 Å². The number of aliphatic imine (C=N–C) groups is 1. The van der Waals surface area contributed by atoms with Gasteiger partial charge in [0.2, 0.25) is 0 Å². The predicted octanol–water partition coefficient (Wildman–Crippen LogP) is 3.67. The molecule has 1 saturated heterocycles. The van der Waals surface area contributed by atoms with Gasteiger partial charge in [0.25, 0.3) is 0 Å². The van der Waals surface area contributed by atoms with E-state index in [9.17, 15) is 0 Å². The molecule has 0 spiro atoms. The number of hydrogen-bond donors (Lipinski definition) is 2. The number of nitrogens with zero attached hydrogens (tertiary/aromatic N) is 1. The van der Waals surface area contributed by atoms with Crippen molar-refractivity contribution in [3.63, 3.8) is 0 Å². The minimum atomic E-state index is 0. The maximum Gasteiger partial charge on any atom is 0.191 e. The van der Waals surface area contributed by atoms with Gasteiger partial charge in [-0.15, -0.1) is 24.0 Å². The summed E-state index contributed by atoms with van der Waals surface area (Å²) in [5, 5.41) is 6.78. The van der Waals surface area contributed by atoms with Crippen molar-refractivity contribution in [2.24, 2.45) is 22.2 Å². The molecule has 1 aliphatic rings. The lowest BCUT2D eigenvalue weighted by atomic mass is 9.78. The van der Waals surface area contributed by atoms with Crippen molar-refractivity contribution in [2.45, 2.75) is 60.0 Å². The predicted molar refractivity (Wildman–Crippen MR) is 117 cm³/mol. The Morgan fingerprint density at radius 1 is 1.24 bits per heavy atom. The molecule has 0 aliphatic carbocycles. The second kappa shape index (κ2) is 13.1. The van der Waals surface area contributed by atoms with Crippen LogP contribution in [0, 0.1) is 17.3 Å². The third-order valence-corrected chi connectivity index (χ3v) is 4.43. The first kappa shape index (κ1) is 24.9. The molecule has 0 aromatic rings. The molecule has 0 amide bonds. The summed E-state index contributed by atoms with van der Waals surface area (Å²) in [6, 6.07) is 0. The van der Waals surface area contributed by atoms with Gasteiger partial charge in [0.15, 0.2) is 5.96 Å². The van der Waals surface area contributed by atoms with Gasteiger partial charge in [-0.25, -0.2) is 0 Å². The van der Waals surface area contributed by atoms with Crippen molar-refractivity contribution in [3.8, 4) is 0 Å². The maximum atomic E-state index is 6.05. The summed E-state index contributed by atoms with van der Waals surface area (Å²) in [5.74, 6) is 2.07. The number of ether oxygens (including phenoxy) is 2. The smallest absolute Gasteiger partial charge is 0.191 e. The van der Waals surface area contributed by atoms with Crippen LogP contribution in [0.2, 0.25) is 0 Å². The Labute approximate surface area is 172 Å². The Bertz CT molecular complexity index is 370. The van der Waals surface area contributed by atoms with Gasteiger partial charge in [-0.3, -0.25) is 4.99 Å². The second-order valence-corrected chi connectivity index (χ2v) is 8.23. The van der Waals surface area contributed by atoms with Crippen LogP contribution in [0.25, 0.3) is 0 Å². The highest BCUT2D eigenvalue weighted by Gasteiger charge is 2.35. The van der Waals surface area contributed by atoms with E-state index < -0.39 is 0 Å². The van der Waals surface area contributed by atoms with Crippen molar-refractivity contribution in [2.75, 3.05) is 40.0 Å². The number of hydrogen-bond acceptors (Lipinski definition) is 3. The lowest BCUT2D eigenvalue weighted by molar-refractivity contribution is -0.0835. The molecule has 150 valence electrons. The van der Waals surface area contributed by atoms with E-state index in [0.717, 1.165) is 45.1 Å². The zero-order chi connectivity index (χ0) is 18.0. The van der Waals surface area contributed by atoms with Crippen LogP contribution < -0.4 is 10.6 Å². The molecule has 6 heteroatoms. The average Bonchev–Trinajstić information content (AvgIpc) is 2.52. The summed E-state index contributed by atoms with van der Waals surface area (Å²) in [7, 11) is 1.81. The van der Waals surface area contributed by atoms with Crippen LogP contribution in [0.5, 0.6) is 0 Å². The Balaban J connectivity index is 0.00000576. The van der Waals surface area contributed by atoms with Crippen molar-refractivity contribution in [1.29, 1.82) is 0 Å². The summed E-state index contributed by atoms with van der Waals surface area (Å²) < 4.78 is 11.7. The normalized spacial score (nSPS) is 21.8. The van der Waals surface area contributed by atoms with E-state index in [1.54, 1.807) is 0 Å². The molecule has 2 unspecified atom stereocenters. The SMILES string of the molecule is CN=C(NCCOCCC(C)C)NCC1CCCOC1C(C)(C)C.I. The van der Waals surface area contributed by atoms with Gasteiger partial charge < -0.3 is 20.1 Å². The fraction of sp³-hybridized carbons (Fsp3) is 0.947. The van der Waals surface area contributed by atoms with Gasteiger partial charge in [-0.05, 0) is 30.6 Å². The molecule has 0 bridgehead atoms. The molecular weight excluding hydrogens is 429 g/mol. The second-order valence-electron chi connectivity index (χ2n) is 8.23. The fourth-order valence-corrected chi connectivity index (χ4v) is 3.12. The van der Waals surface area contributed by atoms with Gasteiger partial charge in [-0.2, -0.15) is 0 Å². The lowest BCUT2D eigenvalue weighted by Crippen LogP contribution is -2.47. The fourth-order valence-electron chi connectivity index (χ4n) is 3.12. The third kappa shape index (κ3) is 10.6. The Morgan fingerprint density at radius 3 is 2.56 bits per heavy atom. The van der Waals surface area contributed by atoms with Gasteiger partial charge in [0.1, 0.15) is 0 Å². The summed E-state index contributed by atoms with van der Waals surface area (Å²) in [4.78, 5) is 4.30. The summed E-state index contributed by atoms with van der Waals surface area (Å²) in [5.41, 5.74) is 0.175. The van der Waals surface area contributed by atoms with Gasteiger partial charge in [0, 0.05) is 39.3 Å². The van der Waals surface area contributed by atoms with Crippen LogP contribution in [0.1, 0.15) is 53.9 Å². The van der Waals surface area contributed by atoms with Crippen LogP contribution in [-0.4, -0.2) is 52.0 Å². The zero-order valence-corrected chi connectivity index (χ0v) is 19.4. The molecular formula is C19H40IN3O2. The molecule has 1 heterocycles. The number of halogens is 1. The average molecular weight is 469 g/mol. The molecule has 1 aliphatic heterocycles. The molecule has 0 aromatic heterocycles. The van der Waals surface area contributed by atoms with Gasteiger partial charge in [-0.1, -0.05) is 34.6 Å². The van der Waals surface area contributed by atoms with Crippen molar-refractivity contribution in [1.82, 2.24) is 10.6 Å². The molecule has 2 N–H and O–H groups in total. The highest BCUT2D eigenvalue weighted by molar-refractivity contribution is 14.0. The Morgan fingerprint density at radius 2 is 1.96 bits per heavy atom. The largest absolute Gasteiger partial charge is 0.380 e. The minimum absolute atomic E-state index is 0. The van der Waals surface area contributed by atoms with Crippen molar-refractivity contribution in [3.05, 3.63) is 0 Å². The first-order chi connectivity index (χ1) is 11.3. The monoisotopic (exact) mass is 469 g/mol. The van der Waals surface area contributed by atoms with E-state index in [2.05, 4.69) is 50.2 Å². The molecule has 0 aromatic carbocycles. The molecule has 25 heavy (non-hydrogen) atoms. The molecule has 1 fully saturated rings. The first-order valence-corrected chi connectivity index (χ1v) is 9.48. The quantitative estimate of drug-likeness (QED) is 0.247. The number of rotatable bonds is 8. The third-order valence-electron chi connectivity index (χ3n) is 4.43. The van der Waals surface area contributed by atoms with Crippen LogP contribution in [-0.2, 0) is 9.47 Å². The minimum Gasteiger partial charge on any atom is -0.380 e. The Hall–Kier alpha value is -0.0800. The maximum absolute atomic E-state index is 6.05. The van der Waals surface area contributed by atoms with E-state index in [-0.39, 0.29) is 29.4 Å². The summed E-state index contributed by atoms with van der Waals surface area (Å²) in [6.07, 6.45) is 3.78. The number of nitrogens with one attached hydrogen (secondary N) is 2. The molecule has 0 radical (unpaired) electrons. The highest BCUT2D eigenvalue weighted by Crippen LogP contribution is 2.33. The zero-order valence-electron chi connectivity index (χ0n) is 17.1. The van der Waals surface area contributed by atoms with Crippen LogP contribution in [0.15, 0.2) is 4.99 Å². The van der Waals surface area contributed by atoms with E-state index in [1.807, 2.05) is 7.05 Å². The molecule has 5 nitrogen and oxygen atoms in total. The summed E-state index contributed by atoms with van der Waals surface area (Å²) in [6.45, 7) is 15.3. The van der Waals surface area contributed by atoms with Gasteiger partial charge in [0.05, 0.1) is 12.7 Å². The van der Waals surface area contributed by atoms with Crippen LogP contribution in [0.3, 0.4) is 0 Å². The van der Waals surface area contributed by atoms with Crippen LogP contribution >= 0.6 is 24.0 Å². The van der Waals surface area contributed by atoms with E-state index in [1.165, 1.54) is 6.42 Å². The lowest BCUT2D eigenvalue weighted by Gasteiger charge is -2.40. The van der Waals surface area contributed by atoms with Crippen molar-refractivity contribution < 1.29 is 9.47 Å². The van der Waals surface area contributed by atoms with E-state index in [0.29, 0.717) is 24.5 Å². The van der Waals surface area contributed by atoms with E-state index in [4.69, 9.17) is 9.47 Å². The summed E-state index contributed by atoms with van der Waals surface area (Å²) >= 11 is 0. The molecule has 0 saturated carbocycles.